The van der Waals surface area contributed by atoms with Gasteiger partial charge in [0.15, 0.2) is 0 Å². The molecule has 1 fully saturated rings. The molecule has 2 amide bonds. The molecule has 30 heavy (non-hydrogen) atoms. The molecule has 0 spiro atoms. The lowest BCUT2D eigenvalue weighted by atomic mass is 9.94. The summed E-state index contributed by atoms with van der Waals surface area (Å²) in [4.78, 5) is 39.2. The number of ether oxygens (including phenoxy) is 2. The highest BCUT2D eigenvalue weighted by Crippen LogP contribution is 2.30. The van der Waals surface area contributed by atoms with Crippen LogP contribution in [0.15, 0.2) is 35.5 Å². The van der Waals surface area contributed by atoms with Crippen molar-refractivity contribution in [3.8, 4) is 0 Å². The van der Waals surface area contributed by atoms with Crippen LogP contribution in [0.1, 0.15) is 31.4 Å². The van der Waals surface area contributed by atoms with Crippen LogP contribution in [0.4, 0.5) is 4.79 Å². The molecule has 0 saturated carbocycles. The number of esters is 2. The summed E-state index contributed by atoms with van der Waals surface area (Å²) in [5.74, 6) is -0.973. The van der Waals surface area contributed by atoms with Crippen molar-refractivity contribution in [1.82, 2.24) is 15.5 Å². The van der Waals surface area contributed by atoms with Crippen LogP contribution in [0.25, 0.3) is 0 Å². The van der Waals surface area contributed by atoms with Crippen LogP contribution in [0.2, 0.25) is 5.02 Å². The van der Waals surface area contributed by atoms with Gasteiger partial charge in [-0.15, -0.1) is 0 Å². The van der Waals surface area contributed by atoms with E-state index < -0.39 is 18.0 Å². The van der Waals surface area contributed by atoms with Gasteiger partial charge in [-0.05, 0) is 44.0 Å². The van der Waals surface area contributed by atoms with E-state index in [0.717, 1.165) is 19.4 Å². The minimum atomic E-state index is -0.689. The SMILES string of the molecule is CCOC(=O)[C@@H]1CCCN(CC2=C(C(=O)OC)[C@@H](c3cccc(Cl)c3)NC(=O)N2)C1. The number of benzene rings is 1. The van der Waals surface area contributed by atoms with Crippen molar-refractivity contribution in [3.63, 3.8) is 0 Å². The second-order valence-corrected chi connectivity index (χ2v) is 7.73. The van der Waals surface area contributed by atoms with Gasteiger partial charge in [-0.2, -0.15) is 0 Å². The molecular formula is C21H26ClN3O5. The summed E-state index contributed by atoms with van der Waals surface area (Å²) >= 11 is 6.11. The number of carbonyl (C=O) groups excluding carboxylic acids is 3. The lowest BCUT2D eigenvalue weighted by Gasteiger charge is -2.35. The Kier molecular flexibility index (Phi) is 7.33. The quantitative estimate of drug-likeness (QED) is 0.666. The van der Waals surface area contributed by atoms with E-state index in [-0.39, 0.29) is 11.9 Å². The van der Waals surface area contributed by atoms with Crippen molar-refractivity contribution in [2.45, 2.75) is 25.8 Å². The summed E-state index contributed by atoms with van der Waals surface area (Å²) in [5.41, 5.74) is 1.45. The van der Waals surface area contributed by atoms with Crippen LogP contribution < -0.4 is 10.6 Å². The van der Waals surface area contributed by atoms with Crippen molar-refractivity contribution in [2.75, 3.05) is 33.4 Å². The zero-order chi connectivity index (χ0) is 21.7. The number of carbonyl (C=O) groups is 3. The smallest absolute Gasteiger partial charge is 0.338 e. The first-order chi connectivity index (χ1) is 14.4. The Morgan fingerprint density at radius 2 is 2.13 bits per heavy atom. The van der Waals surface area contributed by atoms with E-state index in [1.165, 1.54) is 7.11 Å². The van der Waals surface area contributed by atoms with Crippen molar-refractivity contribution in [2.24, 2.45) is 5.92 Å². The summed E-state index contributed by atoms with van der Waals surface area (Å²) in [7, 11) is 1.30. The first kappa shape index (κ1) is 22.1. The summed E-state index contributed by atoms with van der Waals surface area (Å²) in [5, 5.41) is 6.03. The number of hydrogen-bond donors (Lipinski definition) is 2. The van der Waals surface area contributed by atoms with Gasteiger partial charge < -0.3 is 20.1 Å². The maximum Gasteiger partial charge on any atom is 0.338 e. The molecule has 162 valence electrons. The second kappa shape index (κ2) is 9.95. The minimum Gasteiger partial charge on any atom is -0.466 e. The fourth-order valence-electron chi connectivity index (χ4n) is 3.91. The average Bonchev–Trinajstić information content (AvgIpc) is 2.73. The topological polar surface area (TPSA) is 97.0 Å². The molecule has 3 rings (SSSR count). The van der Waals surface area contributed by atoms with Crippen LogP contribution in [0.3, 0.4) is 0 Å². The average molecular weight is 436 g/mol. The Morgan fingerprint density at radius 3 is 2.83 bits per heavy atom. The molecule has 8 nitrogen and oxygen atoms in total. The Morgan fingerprint density at radius 1 is 1.33 bits per heavy atom. The van der Waals surface area contributed by atoms with Crippen LogP contribution >= 0.6 is 11.6 Å². The molecular weight excluding hydrogens is 410 g/mol. The van der Waals surface area contributed by atoms with Gasteiger partial charge >= 0.3 is 18.0 Å². The number of methoxy groups -OCH3 is 1. The van der Waals surface area contributed by atoms with Gasteiger partial charge in [-0.25, -0.2) is 9.59 Å². The first-order valence-corrected chi connectivity index (χ1v) is 10.3. The third-order valence-electron chi connectivity index (χ3n) is 5.25. The van der Waals surface area contributed by atoms with E-state index in [9.17, 15) is 14.4 Å². The highest BCUT2D eigenvalue weighted by Gasteiger charge is 2.35. The summed E-state index contributed by atoms with van der Waals surface area (Å²) in [6, 6.07) is 5.87. The predicted octanol–water partition coefficient (Wildman–Crippen LogP) is 2.40. The lowest BCUT2D eigenvalue weighted by molar-refractivity contribution is -0.150. The lowest BCUT2D eigenvalue weighted by Crippen LogP contribution is -2.49. The van der Waals surface area contributed by atoms with Crippen LogP contribution in [0.5, 0.6) is 0 Å². The Bertz CT molecular complexity index is 857. The molecule has 1 aromatic rings. The summed E-state index contributed by atoms with van der Waals surface area (Å²) < 4.78 is 10.2. The van der Waals surface area contributed by atoms with E-state index in [0.29, 0.717) is 41.6 Å². The largest absolute Gasteiger partial charge is 0.466 e. The molecule has 0 radical (unpaired) electrons. The number of piperidine rings is 1. The van der Waals surface area contributed by atoms with Crippen LogP contribution in [0, 0.1) is 5.92 Å². The number of nitrogens with zero attached hydrogens (tertiary/aromatic N) is 1. The van der Waals surface area contributed by atoms with Crippen molar-refractivity contribution in [1.29, 1.82) is 0 Å². The molecule has 1 aromatic carbocycles. The fourth-order valence-corrected chi connectivity index (χ4v) is 4.10. The number of urea groups is 1. The normalized spacial score (nSPS) is 22.2. The molecule has 2 atom stereocenters. The first-order valence-electron chi connectivity index (χ1n) is 9.96. The van der Waals surface area contributed by atoms with Crippen molar-refractivity contribution < 1.29 is 23.9 Å². The van der Waals surface area contributed by atoms with Gasteiger partial charge in [-0.1, -0.05) is 23.7 Å². The van der Waals surface area contributed by atoms with Gasteiger partial charge in [-0.3, -0.25) is 9.69 Å². The van der Waals surface area contributed by atoms with E-state index in [1.807, 2.05) is 4.90 Å². The number of halogens is 1. The Labute approximate surface area is 180 Å². The van der Waals surface area contributed by atoms with Gasteiger partial charge in [0, 0.05) is 23.8 Å². The zero-order valence-electron chi connectivity index (χ0n) is 17.1. The minimum absolute atomic E-state index is 0.212. The number of hydrogen-bond acceptors (Lipinski definition) is 6. The maximum atomic E-state index is 12.7. The predicted molar refractivity (Wildman–Crippen MR) is 111 cm³/mol. The number of amides is 2. The van der Waals surface area contributed by atoms with E-state index in [2.05, 4.69) is 10.6 Å². The van der Waals surface area contributed by atoms with Crippen molar-refractivity contribution >= 4 is 29.6 Å². The molecule has 2 aliphatic rings. The summed E-state index contributed by atoms with van der Waals surface area (Å²) in [6.07, 6.45) is 1.59. The highest BCUT2D eigenvalue weighted by molar-refractivity contribution is 6.30. The van der Waals surface area contributed by atoms with Gasteiger partial charge in [0.1, 0.15) is 0 Å². The van der Waals surface area contributed by atoms with Crippen LogP contribution in [-0.4, -0.2) is 56.2 Å². The van der Waals surface area contributed by atoms with E-state index >= 15 is 0 Å². The van der Waals surface area contributed by atoms with Gasteiger partial charge in [0.05, 0.1) is 31.2 Å². The number of likely N-dealkylation sites (tertiary alicyclic amines) is 1. The molecule has 2 N–H and O–H groups in total. The molecule has 1 saturated heterocycles. The fraction of sp³-hybridized carbons (Fsp3) is 0.476. The molecule has 0 bridgehead atoms. The van der Waals surface area contributed by atoms with Crippen LogP contribution in [-0.2, 0) is 19.1 Å². The van der Waals surface area contributed by atoms with E-state index in [4.69, 9.17) is 21.1 Å². The number of rotatable bonds is 6. The van der Waals surface area contributed by atoms with Gasteiger partial charge in [0.25, 0.3) is 0 Å². The molecule has 0 aromatic heterocycles. The molecule has 9 heteroatoms. The molecule has 2 heterocycles. The molecule has 2 aliphatic heterocycles. The Balaban J connectivity index is 1.89. The van der Waals surface area contributed by atoms with Gasteiger partial charge in [0.2, 0.25) is 0 Å². The third-order valence-corrected chi connectivity index (χ3v) is 5.48. The third kappa shape index (κ3) is 5.12. The van der Waals surface area contributed by atoms with E-state index in [1.54, 1.807) is 31.2 Å². The highest BCUT2D eigenvalue weighted by atomic mass is 35.5. The molecule has 0 unspecified atom stereocenters. The monoisotopic (exact) mass is 435 g/mol. The molecule has 0 aliphatic carbocycles. The zero-order valence-corrected chi connectivity index (χ0v) is 17.8. The standard InChI is InChI=1S/C21H26ClN3O5/c1-3-30-19(26)14-7-5-9-25(11-14)12-16-17(20(27)29-2)18(24-21(28)23-16)13-6-4-8-15(22)10-13/h4,6,8,10,14,18H,3,5,7,9,11-12H2,1-2H3,(H2,23,24,28)/t14-,18-/m1/s1. The number of nitrogens with one attached hydrogen (secondary N) is 2. The summed E-state index contributed by atoms with van der Waals surface area (Å²) in [6.45, 7) is 3.69. The maximum absolute atomic E-state index is 12.7. The Hall–Kier alpha value is -2.58. The second-order valence-electron chi connectivity index (χ2n) is 7.30. The van der Waals surface area contributed by atoms with Crippen molar-refractivity contribution in [3.05, 3.63) is 46.1 Å².